The summed E-state index contributed by atoms with van der Waals surface area (Å²) in [6, 6.07) is 15.9. The molecule has 0 bridgehead atoms. The Kier molecular flexibility index (Phi) is 5.90. The quantitative estimate of drug-likeness (QED) is 0.877. The Labute approximate surface area is 148 Å². The van der Waals surface area contributed by atoms with E-state index in [1.54, 1.807) is 7.11 Å². The van der Waals surface area contributed by atoms with E-state index >= 15 is 0 Å². The molecule has 1 aliphatic rings. The van der Waals surface area contributed by atoms with E-state index in [0.29, 0.717) is 13.0 Å². The fourth-order valence-corrected chi connectivity index (χ4v) is 2.84. The minimum atomic E-state index is 0.0161. The van der Waals surface area contributed by atoms with Gasteiger partial charge in [-0.3, -0.25) is 4.79 Å². The molecule has 0 spiro atoms. The highest BCUT2D eigenvalue weighted by molar-refractivity contribution is 5.78. The third kappa shape index (κ3) is 4.97. The summed E-state index contributed by atoms with van der Waals surface area (Å²) in [5, 5.41) is 2.97. The fourth-order valence-electron chi connectivity index (χ4n) is 2.84. The standard InChI is InChI=1S/C20H24N2O3/c1-24-19-8-4-16(5-9-19)14-20(23)21-15-17-2-6-18(7-3-17)22-10-12-25-13-11-22/h2-9H,10-15H2,1H3,(H,21,23). The van der Waals surface area contributed by atoms with Crippen molar-refractivity contribution in [2.24, 2.45) is 0 Å². The van der Waals surface area contributed by atoms with Crippen molar-refractivity contribution >= 4 is 11.6 Å². The molecule has 5 nitrogen and oxygen atoms in total. The molecule has 1 aliphatic heterocycles. The lowest BCUT2D eigenvalue weighted by atomic mass is 10.1. The molecule has 0 aliphatic carbocycles. The molecular formula is C20H24N2O3. The van der Waals surface area contributed by atoms with Gasteiger partial charge in [-0.25, -0.2) is 0 Å². The predicted octanol–water partition coefficient (Wildman–Crippen LogP) is 2.39. The Hall–Kier alpha value is -2.53. The van der Waals surface area contributed by atoms with Crippen molar-refractivity contribution in [1.29, 1.82) is 0 Å². The van der Waals surface area contributed by atoms with Gasteiger partial charge in [0.25, 0.3) is 0 Å². The molecule has 1 N–H and O–H groups in total. The molecule has 1 saturated heterocycles. The van der Waals surface area contributed by atoms with Crippen LogP contribution in [0.3, 0.4) is 0 Å². The summed E-state index contributed by atoms with van der Waals surface area (Å²) < 4.78 is 10.5. The summed E-state index contributed by atoms with van der Waals surface area (Å²) in [4.78, 5) is 14.4. The predicted molar refractivity (Wildman–Crippen MR) is 98.0 cm³/mol. The third-order valence-electron chi connectivity index (χ3n) is 4.33. The normalized spacial score (nSPS) is 14.2. The molecule has 3 rings (SSSR count). The van der Waals surface area contributed by atoms with Crippen LogP contribution in [0.2, 0.25) is 0 Å². The highest BCUT2D eigenvalue weighted by Gasteiger charge is 2.11. The number of morpholine rings is 1. The van der Waals surface area contributed by atoms with Crippen molar-refractivity contribution in [2.75, 3.05) is 38.3 Å². The first-order valence-corrected chi connectivity index (χ1v) is 8.56. The summed E-state index contributed by atoms with van der Waals surface area (Å²) in [7, 11) is 1.63. The van der Waals surface area contributed by atoms with Crippen LogP contribution in [0.5, 0.6) is 5.75 Å². The maximum atomic E-state index is 12.1. The Morgan fingerprint density at radius 1 is 1.04 bits per heavy atom. The van der Waals surface area contributed by atoms with Gasteiger partial charge < -0.3 is 19.7 Å². The number of benzene rings is 2. The van der Waals surface area contributed by atoms with Crippen LogP contribution in [0.4, 0.5) is 5.69 Å². The van der Waals surface area contributed by atoms with Gasteiger partial charge in [-0.1, -0.05) is 24.3 Å². The Bertz CT molecular complexity index is 677. The molecule has 0 aromatic heterocycles. The van der Waals surface area contributed by atoms with Gasteiger partial charge in [-0.2, -0.15) is 0 Å². The number of anilines is 1. The molecule has 2 aromatic rings. The first-order valence-electron chi connectivity index (χ1n) is 8.56. The highest BCUT2D eigenvalue weighted by atomic mass is 16.5. The third-order valence-corrected chi connectivity index (χ3v) is 4.33. The largest absolute Gasteiger partial charge is 0.497 e. The molecule has 2 aromatic carbocycles. The van der Waals surface area contributed by atoms with Crippen LogP contribution in [0.15, 0.2) is 48.5 Å². The van der Waals surface area contributed by atoms with E-state index in [1.165, 1.54) is 5.69 Å². The Morgan fingerprint density at radius 2 is 1.68 bits per heavy atom. The zero-order chi connectivity index (χ0) is 17.5. The fraction of sp³-hybridized carbons (Fsp3) is 0.350. The number of nitrogens with zero attached hydrogens (tertiary/aromatic N) is 1. The molecule has 0 atom stereocenters. The van der Waals surface area contributed by atoms with Gasteiger partial charge in [-0.15, -0.1) is 0 Å². The monoisotopic (exact) mass is 340 g/mol. The summed E-state index contributed by atoms with van der Waals surface area (Å²) in [5.41, 5.74) is 3.28. The van der Waals surface area contributed by atoms with Gasteiger partial charge in [-0.05, 0) is 35.4 Å². The van der Waals surface area contributed by atoms with Crippen LogP contribution in [0.1, 0.15) is 11.1 Å². The molecular weight excluding hydrogens is 316 g/mol. The summed E-state index contributed by atoms with van der Waals surface area (Å²) in [6.07, 6.45) is 0.371. The van der Waals surface area contributed by atoms with Crippen molar-refractivity contribution in [1.82, 2.24) is 5.32 Å². The number of amides is 1. The molecule has 1 fully saturated rings. The first kappa shape index (κ1) is 17.3. The topological polar surface area (TPSA) is 50.8 Å². The smallest absolute Gasteiger partial charge is 0.224 e. The second-order valence-electron chi connectivity index (χ2n) is 6.07. The average molecular weight is 340 g/mol. The molecule has 0 unspecified atom stereocenters. The minimum absolute atomic E-state index is 0.0161. The molecule has 1 heterocycles. The van der Waals surface area contributed by atoms with Crippen molar-refractivity contribution in [2.45, 2.75) is 13.0 Å². The number of ether oxygens (including phenoxy) is 2. The van der Waals surface area contributed by atoms with Crippen molar-refractivity contribution in [3.8, 4) is 5.75 Å². The van der Waals surface area contributed by atoms with E-state index in [1.807, 2.05) is 24.3 Å². The number of rotatable bonds is 6. The van der Waals surface area contributed by atoms with Crippen LogP contribution in [-0.2, 0) is 22.5 Å². The lowest BCUT2D eigenvalue weighted by Gasteiger charge is -2.28. The lowest BCUT2D eigenvalue weighted by molar-refractivity contribution is -0.120. The van der Waals surface area contributed by atoms with Gasteiger partial charge in [0.05, 0.1) is 26.7 Å². The zero-order valence-corrected chi connectivity index (χ0v) is 14.5. The maximum Gasteiger partial charge on any atom is 0.224 e. The van der Waals surface area contributed by atoms with E-state index in [-0.39, 0.29) is 5.91 Å². The van der Waals surface area contributed by atoms with Gasteiger partial charge >= 0.3 is 0 Å². The SMILES string of the molecule is COc1ccc(CC(=O)NCc2ccc(N3CCOCC3)cc2)cc1. The lowest BCUT2D eigenvalue weighted by Crippen LogP contribution is -2.36. The second-order valence-corrected chi connectivity index (χ2v) is 6.07. The van der Waals surface area contributed by atoms with Gasteiger partial charge in [0.2, 0.25) is 5.91 Å². The number of carbonyl (C=O) groups excluding carboxylic acids is 1. The second kappa shape index (κ2) is 8.53. The summed E-state index contributed by atoms with van der Waals surface area (Å²) >= 11 is 0. The van der Waals surface area contributed by atoms with E-state index in [9.17, 15) is 4.79 Å². The molecule has 0 radical (unpaired) electrons. The molecule has 5 heteroatoms. The van der Waals surface area contributed by atoms with E-state index in [4.69, 9.17) is 9.47 Å². The molecule has 1 amide bonds. The van der Waals surface area contributed by atoms with Crippen LogP contribution in [0, 0.1) is 0 Å². The number of carbonyl (C=O) groups is 1. The van der Waals surface area contributed by atoms with E-state index in [0.717, 1.165) is 43.2 Å². The van der Waals surface area contributed by atoms with Crippen molar-refractivity contribution in [3.05, 3.63) is 59.7 Å². The van der Waals surface area contributed by atoms with Gasteiger partial charge in [0, 0.05) is 25.3 Å². The van der Waals surface area contributed by atoms with Crippen LogP contribution in [-0.4, -0.2) is 39.3 Å². The van der Waals surface area contributed by atoms with Crippen molar-refractivity contribution in [3.63, 3.8) is 0 Å². The molecule has 132 valence electrons. The Balaban J connectivity index is 1.47. The van der Waals surface area contributed by atoms with E-state index < -0.39 is 0 Å². The van der Waals surface area contributed by atoms with Gasteiger partial charge in [0.15, 0.2) is 0 Å². The number of methoxy groups -OCH3 is 1. The molecule has 0 saturated carbocycles. The zero-order valence-electron chi connectivity index (χ0n) is 14.5. The van der Waals surface area contributed by atoms with Crippen LogP contribution < -0.4 is 15.0 Å². The number of nitrogens with one attached hydrogen (secondary N) is 1. The average Bonchev–Trinajstić information content (AvgIpc) is 2.68. The van der Waals surface area contributed by atoms with E-state index in [2.05, 4.69) is 34.5 Å². The number of hydrogen-bond acceptors (Lipinski definition) is 4. The van der Waals surface area contributed by atoms with Crippen LogP contribution >= 0.6 is 0 Å². The van der Waals surface area contributed by atoms with Gasteiger partial charge in [0.1, 0.15) is 5.75 Å². The number of hydrogen-bond donors (Lipinski definition) is 1. The van der Waals surface area contributed by atoms with Crippen LogP contribution in [0.25, 0.3) is 0 Å². The molecule has 25 heavy (non-hydrogen) atoms. The Morgan fingerprint density at radius 3 is 2.32 bits per heavy atom. The maximum absolute atomic E-state index is 12.1. The summed E-state index contributed by atoms with van der Waals surface area (Å²) in [5.74, 6) is 0.812. The minimum Gasteiger partial charge on any atom is -0.497 e. The highest BCUT2D eigenvalue weighted by Crippen LogP contribution is 2.16. The first-order chi connectivity index (χ1) is 12.2. The summed E-state index contributed by atoms with van der Waals surface area (Å²) in [6.45, 7) is 3.96. The van der Waals surface area contributed by atoms with Crippen molar-refractivity contribution < 1.29 is 14.3 Å².